The molecule has 0 saturated heterocycles. The Bertz CT molecular complexity index is 676. The maximum absolute atomic E-state index is 12.4. The van der Waals surface area contributed by atoms with Gasteiger partial charge in [-0.3, -0.25) is 4.79 Å². The smallest absolute Gasteiger partial charge is 0.259 e. The fraction of sp³-hybridized carbons (Fsp3) is 0.133. The summed E-state index contributed by atoms with van der Waals surface area (Å²) in [7, 11) is 3.01. The Kier molecular flexibility index (Phi) is 5.09. The zero-order valence-electron chi connectivity index (χ0n) is 11.4. The molecule has 0 aromatic heterocycles. The van der Waals surface area contributed by atoms with Gasteiger partial charge < -0.3 is 14.8 Å². The minimum absolute atomic E-state index is 0.311. The van der Waals surface area contributed by atoms with Crippen LogP contribution in [0.2, 0.25) is 5.02 Å². The van der Waals surface area contributed by atoms with Crippen LogP contribution in [0.1, 0.15) is 10.4 Å². The van der Waals surface area contributed by atoms with Gasteiger partial charge in [0.1, 0.15) is 0 Å². The molecule has 4 nitrogen and oxygen atoms in total. The van der Waals surface area contributed by atoms with Crippen molar-refractivity contribution in [3.05, 3.63) is 51.5 Å². The second kappa shape index (κ2) is 6.83. The molecule has 0 spiro atoms. The van der Waals surface area contributed by atoms with Crippen LogP contribution in [0.4, 0.5) is 5.69 Å². The Morgan fingerprint density at radius 2 is 1.86 bits per heavy atom. The van der Waals surface area contributed by atoms with Crippen molar-refractivity contribution in [1.82, 2.24) is 0 Å². The zero-order valence-corrected chi connectivity index (χ0v) is 13.8. The monoisotopic (exact) mass is 369 g/mol. The van der Waals surface area contributed by atoms with Crippen LogP contribution in [-0.2, 0) is 0 Å². The number of hydrogen-bond acceptors (Lipinski definition) is 3. The van der Waals surface area contributed by atoms with Gasteiger partial charge in [-0.1, -0.05) is 23.7 Å². The molecule has 21 heavy (non-hydrogen) atoms. The lowest BCUT2D eigenvalue weighted by atomic mass is 10.1. The molecule has 2 aromatic carbocycles. The van der Waals surface area contributed by atoms with E-state index in [-0.39, 0.29) is 5.91 Å². The highest BCUT2D eigenvalue weighted by atomic mass is 79.9. The largest absolute Gasteiger partial charge is 0.493 e. The topological polar surface area (TPSA) is 47.6 Å². The predicted octanol–water partition coefficient (Wildman–Crippen LogP) is 4.37. The third-order valence-corrected chi connectivity index (χ3v) is 4.24. The van der Waals surface area contributed by atoms with Gasteiger partial charge in [-0.05, 0) is 40.2 Å². The number of anilines is 1. The lowest BCUT2D eigenvalue weighted by Crippen LogP contribution is -2.14. The zero-order chi connectivity index (χ0) is 15.4. The Hall–Kier alpha value is -1.72. The van der Waals surface area contributed by atoms with Gasteiger partial charge in [0.15, 0.2) is 11.5 Å². The van der Waals surface area contributed by atoms with E-state index >= 15 is 0 Å². The van der Waals surface area contributed by atoms with Gasteiger partial charge in [0.2, 0.25) is 0 Å². The van der Waals surface area contributed by atoms with Crippen molar-refractivity contribution in [3.63, 3.8) is 0 Å². The lowest BCUT2D eigenvalue weighted by Gasteiger charge is -2.13. The first-order valence-corrected chi connectivity index (χ1v) is 7.22. The summed E-state index contributed by atoms with van der Waals surface area (Å²) in [5.74, 6) is 0.569. The number of para-hydroxylation sites is 1. The third kappa shape index (κ3) is 3.31. The van der Waals surface area contributed by atoms with Crippen molar-refractivity contribution in [2.24, 2.45) is 0 Å². The Morgan fingerprint density at radius 3 is 2.52 bits per heavy atom. The molecule has 0 aliphatic carbocycles. The minimum atomic E-state index is -0.311. The van der Waals surface area contributed by atoms with E-state index in [9.17, 15) is 4.79 Å². The van der Waals surface area contributed by atoms with Crippen LogP contribution in [-0.4, -0.2) is 20.1 Å². The maximum Gasteiger partial charge on any atom is 0.259 e. The molecule has 0 radical (unpaired) electrons. The van der Waals surface area contributed by atoms with Crippen LogP contribution in [0.25, 0.3) is 0 Å². The van der Waals surface area contributed by atoms with Crippen molar-refractivity contribution >= 4 is 39.1 Å². The predicted molar refractivity (Wildman–Crippen MR) is 86.7 cm³/mol. The molecule has 2 rings (SSSR count). The molecule has 1 amide bonds. The minimum Gasteiger partial charge on any atom is -0.493 e. The number of benzene rings is 2. The van der Waals surface area contributed by atoms with E-state index in [0.29, 0.717) is 32.2 Å². The van der Waals surface area contributed by atoms with Crippen molar-refractivity contribution in [1.29, 1.82) is 0 Å². The summed E-state index contributed by atoms with van der Waals surface area (Å²) in [5, 5.41) is 3.31. The fourth-order valence-electron chi connectivity index (χ4n) is 1.86. The molecule has 0 fully saturated rings. The molecule has 2 aromatic rings. The van der Waals surface area contributed by atoms with Crippen molar-refractivity contribution in [3.8, 4) is 11.5 Å². The molecule has 0 unspecified atom stereocenters. The third-order valence-electron chi connectivity index (χ3n) is 2.85. The van der Waals surface area contributed by atoms with Gasteiger partial charge >= 0.3 is 0 Å². The molecular formula is C15H13BrClNO3. The standard InChI is InChI=1S/C15H13BrClNO3/c1-20-12-8-3-5-9(14(12)21-2)15(19)18-11-7-4-6-10(17)13(11)16/h3-8H,1-2H3,(H,18,19). The van der Waals surface area contributed by atoms with Crippen LogP contribution in [0.5, 0.6) is 11.5 Å². The molecule has 0 bridgehead atoms. The molecule has 0 aliphatic rings. The highest BCUT2D eigenvalue weighted by Crippen LogP contribution is 2.33. The van der Waals surface area contributed by atoms with E-state index in [4.69, 9.17) is 21.1 Å². The second-order valence-electron chi connectivity index (χ2n) is 4.10. The van der Waals surface area contributed by atoms with Crippen molar-refractivity contribution < 1.29 is 14.3 Å². The number of amides is 1. The number of rotatable bonds is 4. The molecule has 0 atom stereocenters. The Morgan fingerprint density at radius 1 is 1.14 bits per heavy atom. The summed E-state index contributed by atoms with van der Waals surface area (Å²) < 4.78 is 11.1. The summed E-state index contributed by atoms with van der Waals surface area (Å²) in [6, 6.07) is 10.3. The molecule has 0 heterocycles. The van der Waals surface area contributed by atoms with Crippen LogP contribution in [0, 0.1) is 0 Å². The highest BCUT2D eigenvalue weighted by Gasteiger charge is 2.17. The van der Waals surface area contributed by atoms with Crippen molar-refractivity contribution in [2.75, 3.05) is 19.5 Å². The van der Waals surface area contributed by atoms with Crippen molar-refractivity contribution in [2.45, 2.75) is 0 Å². The van der Waals surface area contributed by atoms with Gasteiger partial charge in [0, 0.05) is 0 Å². The first-order valence-electron chi connectivity index (χ1n) is 6.04. The van der Waals surface area contributed by atoms with Crippen LogP contribution < -0.4 is 14.8 Å². The molecule has 0 saturated carbocycles. The molecule has 110 valence electrons. The van der Waals surface area contributed by atoms with Gasteiger partial charge in [0.25, 0.3) is 5.91 Å². The average molecular weight is 371 g/mol. The van der Waals surface area contributed by atoms with Gasteiger partial charge in [0.05, 0.1) is 35.0 Å². The van der Waals surface area contributed by atoms with Crippen LogP contribution in [0.3, 0.4) is 0 Å². The first kappa shape index (κ1) is 15.7. The molecule has 1 N–H and O–H groups in total. The summed E-state index contributed by atoms with van der Waals surface area (Å²) in [5.41, 5.74) is 0.959. The average Bonchev–Trinajstić information content (AvgIpc) is 2.50. The van der Waals surface area contributed by atoms with Gasteiger partial charge in [-0.15, -0.1) is 0 Å². The first-order chi connectivity index (χ1) is 10.1. The quantitative estimate of drug-likeness (QED) is 0.869. The maximum atomic E-state index is 12.4. The van der Waals surface area contributed by atoms with E-state index in [0.717, 1.165) is 0 Å². The van der Waals surface area contributed by atoms with Gasteiger partial charge in [-0.2, -0.15) is 0 Å². The summed E-state index contributed by atoms with van der Waals surface area (Å²) in [6.07, 6.45) is 0. The number of carbonyl (C=O) groups excluding carboxylic acids is 1. The molecular weight excluding hydrogens is 358 g/mol. The van der Waals surface area contributed by atoms with E-state index < -0.39 is 0 Å². The second-order valence-corrected chi connectivity index (χ2v) is 5.30. The fourth-order valence-corrected chi connectivity index (χ4v) is 2.39. The summed E-state index contributed by atoms with van der Waals surface area (Å²) in [6.45, 7) is 0. The normalized spacial score (nSPS) is 10.1. The van der Waals surface area contributed by atoms with E-state index in [2.05, 4.69) is 21.2 Å². The number of nitrogens with one attached hydrogen (secondary N) is 1. The number of hydrogen-bond donors (Lipinski definition) is 1. The SMILES string of the molecule is COc1cccc(C(=O)Nc2cccc(Cl)c2Br)c1OC. The summed E-state index contributed by atoms with van der Waals surface area (Å²) in [4.78, 5) is 12.4. The number of methoxy groups -OCH3 is 2. The van der Waals surface area contributed by atoms with E-state index in [1.165, 1.54) is 14.2 Å². The van der Waals surface area contributed by atoms with E-state index in [1.807, 2.05) is 0 Å². The Labute approximate surface area is 136 Å². The summed E-state index contributed by atoms with van der Waals surface area (Å²) >= 11 is 9.35. The molecule has 6 heteroatoms. The van der Waals surface area contributed by atoms with E-state index in [1.54, 1.807) is 36.4 Å². The lowest BCUT2D eigenvalue weighted by molar-refractivity contribution is 0.102. The Balaban J connectivity index is 2.35. The number of ether oxygens (including phenoxy) is 2. The van der Waals surface area contributed by atoms with Crippen LogP contribution in [0.15, 0.2) is 40.9 Å². The van der Waals surface area contributed by atoms with Gasteiger partial charge in [-0.25, -0.2) is 0 Å². The number of halogens is 2. The molecule has 0 aliphatic heterocycles. The van der Waals surface area contributed by atoms with Crippen LogP contribution >= 0.6 is 27.5 Å². The number of carbonyl (C=O) groups is 1. The highest BCUT2D eigenvalue weighted by molar-refractivity contribution is 9.10.